The Morgan fingerprint density at radius 3 is 2.74 bits per heavy atom. The Hall–Kier alpha value is -1.38. The minimum Gasteiger partial charge on any atom is -0.368 e. The first-order valence-electron chi connectivity index (χ1n) is 6.20. The van der Waals surface area contributed by atoms with Gasteiger partial charge in [0.25, 0.3) is 0 Å². The van der Waals surface area contributed by atoms with E-state index in [4.69, 9.17) is 11.0 Å². The molecule has 0 saturated carbocycles. The molecule has 0 spiro atoms. The molecule has 0 heterocycles. The lowest BCUT2D eigenvalue weighted by atomic mass is 9.98. The fourth-order valence-corrected chi connectivity index (χ4v) is 2.32. The Kier molecular flexibility index (Phi) is 6.00. The third-order valence-corrected chi connectivity index (χ3v) is 3.95. The second-order valence-corrected chi connectivity index (χ2v) is 5.42. The van der Waals surface area contributed by atoms with Gasteiger partial charge in [-0.25, -0.2) is 0 Å². The van der Waals surface area contributed by atoms with Gasteiger partial charge in [-0.05, 0) is 23.6 Å². The molecule has 0 aliphatic heterocycles. The molecule has 4 nitrogen and oxygen atoms in total. The maximum atomic E-state index is 11.4. The number of hydrogen-bond acceptors (Lipinski definition) is 3. The average Bonchev–Trinajstić information content (AvgIpc) is 2.39. The van der Waals surface area contributed by atoms with Crippen molar-refractivity contribution in [3.8, 4) is 6.07 Å². The fraction of sp³-hybridized carbons (Fsp3) is 0.429. The smallest absolute Gasteiger partial charge is 0.234 e. The van der Waals surface area contributed by atoms with E-state index in [1.807, 2.05) is 19.9 Å². The van der Waals surface area contributed by atoms with Crippen molar-refractivity contribution in [2.45, 2.75) is 32.9 Å². The van der Waals surface area contributed by atoms with E-state index in [9.17, 15) is 4.79 Å². The molecule has 1 amide bonds. The molecule has 102 valence electrons. The number of nitriles is 1. The number of carbonyl (C=O) groups excluding carboxylic acids is 1. The van der Waals surface area contributed by atoms with E-state index in [0.717, 1.165) is 16.5 Å². The summed E-state index contributed by atoms with van der Waals surface area (Å²) in [6.45, 7) is 4.56. The molecule has 1 aromatic rings. The summed E-state index contributed by atoms with van der Waals surface area (Å²) in [7, 11) is 0. The van der Waals surface area contributed by atoms with Crippen molar-refractivity contribution in [2.24, 2.45) is 11.7 Å². The second-order valence-electron chi connectivity index (χ2n) is 4.56. The lowest BCUT2D eigenvalue weighted by molar-refractivity contribution is -0.121. The monoisotopic (exact) mass is 323 g/mol. The van der Waals surface area contributed by atoms with Gasteiger partial charge in [0.05, 0.1) is 17.7 Å². The Morgan fingerprint density at radius 2 is 2.26 bits per heavy atom. The lowest BCUT2D eigenvalue weighted by Crippen LogP contribution is -2.45. The number of primary amides is 1. The van der Waals surface area contributed by atoms with Crippen molar-refractivity contribution < 1.29 is 4.79 Å². The van der Waals surface area contributed by atoms with Crippen LogP contribution in [-0.2, 0) is 11.3 Å². The van der Waals surface area contributed by atoms with Gasteiger partial charge in [-0.2, -0.15) is 5.26 Å². The van der Waals surface area contributed by atoms with Crippen LogP contribution < -0.4 is 11.1 Å². The number of nitrogens with two attached hydrogens (primary N) is 1. The average molecular weight is 324 g/mol. The van der Waals surface area contributed by atoms with Crippen LogP contribution in [0.4, 0.5) is 0 Å². The van der Waals surface area contributed by atoms with E-state index in [-0.39, 0.29) is 17.9 Å². The largest absolute Gasteiger partial charge is 0.368 e. The molecule has 0 unspecified atom stereocenters. The number of carbonyl (C=O) groups is 1. The molecule has 3 N–H and O–H groups in total. The molecule has 0 radical (unpaired) electrons. The predicted molar refractivity (Wildman–Crippen MR) is 78.1 cm³/mol. The zero-order valence-electron chi connectivity index (χ0n) is 11.1. The lowest BCUT2D eigenvalue weighted by Gasteiger charge is -2.21. The van der Waals surface area contributed by atoms with Crippen LogP contribution in [0.5, 0.6) is 0 Å². The summed E-state index contributed by atoms with van der Waals surface area (Å²) in [5.74, 6) is -0.145. The summed E-state index contributed by atoms with van der Waals surface area (Å²) in [5, 5.41) is 12.0. The normalized spacial score (nSPS) is 13.6. The number of nitrogens with zero attached hydrogens (tertiary/aromatic N) is 1. The third-order valence-electron chi connectivity index (χ3n) is 3.21. The molecular formula is C14H18BrN3O. The van der Waals surface area contributed by atoms with Crippen LogP contribution in [0.15, 0.2) is 22.7 Å². The van der Waals surface area contributed by atoms with Crippen molar-refractivity contribution in [3.63, 3.8) is 0 Å². The topological polar surface area (TPSA) is 78.9 Å². The first-order valence-corrected chi connectivity index (χ1v) is 7.00. The highest BCUT2D eigenvalue weighted by molar-refractivity contribution is 9.10. The molecule has 2 atom stereocenters. The van der Waals surface area contributed by atoms with Gasteiger partial charge < -0.3 is 11.1 Å². The van der Waals surface area contributed by atoms with Crippen molar-refractivity contribution in [2.75, 3.05) is 0 Å². The Balaban J connectivity index is 2.75. The van der Waals surface area contributed by atoms with E-state index < -0.39 is 0 Å². The number of hydrogen-bond donors (Lipinski definition) is 2. The standard InChI is InChI=1S/C14H18BrN3O/c1-3-9(2)13(14(17)19)18-8-11-5-4-10(7-16)6-12(11)15/h4-6,9,13,18H,3,8H2,1-2H3,(H2,17,19)/t9-,13+/m0/s1. The van der Waals surface area contributed by atoms with Crippen LogP contribution in [0.25, 0.3) is 0 Å². The molecule has 19 heavy (non-hydrogen) atoms. The van der Waals surface area contributed by atoms with Gasteiger partial charge in [0.1, 0.15) is 0 Å². The van der Waals surface area contributed by atoms with Gasteiger partial charge in [0.2, 0.25) is 5.91 Å². The molecule has 0 aliphatic carbocycles. The molecule has 0 saturated heterocycles. The molecular weight excluding hydrogens is 306 g/mol. The minimum absolute atomic E-state index is 0.189. The van der Waals surface area contributed by atoms with Gasteiger partial charge in [0.15, 0.2) is 0 Å². The Bertz CT molecular complexity index is 496. The first kappa shape index (κ1) is 15.7. The summed E-state index contributed by atoms with van der Waals surface area (Å²) in [6, 6.07) is 7.12. The van der Waals surface area contributed by atoms with E-state index in [0.29, 0.717) is 12.1 Å². The van der Waals surface area contributed by atoms with E-state index in [1.54, 1.807) is 12.1 Å². The van der Waals surface area contributed by atoms with Crippen molar-refractivity contribution in [1.82, 2.24) is 5.32 Å². The summed E-state index contributed by atoms with van der Waals surface area (Å²) in [5.41, 5.74) is 7.00. The summed E-state index contributed by atoms with van der Waals surface area (Å²) in [4.78, 5) is 11.4. The van der Waals surface area contributed by atoms with Crippen LogP contribution in [0.3, 0.4) is 0 Å². The number of rotatable bonds is 6. The highest BCUT2D eigenvalue weighted by Crippen LogP contribution is 2.19. The number of benzene rings is 1. The quantitative estimate of drug-likeness (QED) is 0.843. The van der Waals surface area contributed by atoms with Crippen molar-refractivity contribution in [1.29, 1.82) is 5.26 Å². The molecule has 0 aromatic heterocycles. The van der Waals surface area contributed by atoms with E-state index in [2.05, 4.69) is 27.3 Å². The van der Waals surface area contributed by atoms with Gasteiger partial charge in [0, 0.05) is 11.0 Å². The molecule has 1 aromatic carbocycles. The first-order chi connectivity index (χ1) is 8.99. The van der Waals surface area contributed by atoms with Crippen LogP contribution in [0.1, 0.15) is 31.4 Å². The van der Waals surface area contributed by atoms with Crippen LogP contribution in [-0.4, -0.2) is 11.9 Å². The van der Waals surface area contributed by atoms with E-state index >= 15 is 0 Å². The molecule has 0 fully saturated rings. The number of amides is 1. The summed E-state index contributed by atoms with van der Waals surface area (Å²) >= 11 is 3.42. The predicted octanol–water partition coefficient (Wildman–Crippen LogP) is 2.31. The molecule has 0 aliphatic rings. The highest BCUT2D eigenvalue weighted by Gasteiger charge is 2.20. The van der Waals surface area contributed by atoms with Gasteiger partial charge >= 0.3 is 0 Å². The maximum absolute atomic E-state index is 11.4. The summed E-state index contributed by atoms with van der Waals surface area (Å²) in [6.07, 6.45) is 0.884. The van der Waals surface area contributed by atoms with Crippen molar-refractivity contribution >= 4 is 21.8 Å². The number of nitrogens with one attached hydrogen (secondary N) is 1. The maximum Gasteiger partial charge on any atom is 0.234 e. The van der Waals surface area contributed by atoms with Crippen LogP contribution >= 0.6 is 15.9 Å². The zero-order valence-corrected chi connectivity index (χ0v) is 12.7. The highest BCUT2D eigenvalue weighted by atomic mass is 79.9. The molecule has 1 rings (SSSR count). The van der Waals surface area contributed by atoms with Crippen molar-refractivity contribution in [3.05, 3.63) is 33.8 Å². The SMILES string of the molecule is CC[C@H](C)[C@@H](NCc1ccc(C#N)cc1Br)C(N)=O. The van der Waals surface area contributed by atoms with Gasteiger partial charge in [-0.1, -0.05) is 42.3 Å². The second kappa shape index (κ2) is 7.27. The minimum atomic E-state index is -0.340. The van der Waals surface area contributed by atoms with E-state index in [1.165, 1.54) is 0 Å². The summed E-state index contributed by atoms with van der Waals surface area (Å²) < 4.78 is 0.853. The van der Waals surface area contributed by atoms with Gasteiger partial charge in [-0.15, -0.1) is 0 Å². The zero-order chi connectivity index (χ0) is 14.4. The van der Waals surface area contributed by atoms with Crippen LogP contribution in [0, 0.1) is 17.2 Å². The van der Waals surface area contributed by atoms with Gasteiger partial charge in [-0.3, -0.25) is 4.79 Å². The molecule has 0 bridgehead atoms. The Labute approximate surface area is 122 Å². The Morgan fingerprint density at radius 1 is 1.58 bits per heavy atom. The molecule has 5 heteroatoms. The van der Waals surface area contributed by atoms with Crippen LogP contribution in [0.2, 0.25) is 0 Å². The number of halogens is 1. The third kappa shape index (κ3) is 4.34. The fourth-order valence-electron chi connectivity index (χ4n) is 1.80.